The van der Waals surface area contributed by atoms with Crippen LogP contribution in [0, 0.1) is 0 Å². The van der Waals surface area contributed by atoms with Gasteiger partial charge in [-0.15, -0.1) is 0 Å². The van der Waals surface area contributed by atoms with Gasteiger partial charge in [0, 0.05) is 12.6 Å². The lowest BCUT2D eigenvalue weighted by atomic mass is 10.1. The van der Waals surface area contributed by atoms with Crippen LogP contribution in [0.5, 0.6) is 5.75 Å². The molecule has 1 N–H and O–H groups in total. The van der Waals surface area contributed by atoms with Gasteiger partial charge in [0.1, 0.15) is 5.75 Å². The second-order valence-electron chi connectivity index (χ2n) is 4.72. The van der Waals surface area contributed by atoms with E-state index < -0.39 is 0 Å². The summed E-state index contributed by atoms with van der Waals surface area (Å²) in [7, 11) is 1.66. The average Bonchev–Trinajstić information content (AvgIpc) is 2.50. The molecule has 2 nitrogen and oxygen atoms in total. The van der Waals surface area contributed by atoms with Gasteiger partial charge >= 0.3 is 0 Å². The Labute approximate surface area is 140 Å². The van der Waals surface area contributed by atoms with Crippen molar-refractivity contribution < 1.29 is 4.74 Å². The van der Waals surface area contributed by atoms with E-state index in [1.165, 1.54) is 0 Å². The molecule has 2 rings (SSSR count). The van der Waals surface area contributed by atoms with Crippen LogP contribution in [0.1, 0.15) is 24.1 Å². The summed E-state index contributed by atoms with van der Waals surface area (Å²) in [6.07, 6.45) is 0. The zero-order valence-electron chi connectivity index (χ0n) is 11.8. The third-order valence-electron chi connectivity index (χ3n) is 3.28. The molecule has 5 heteroatoms. The molecule has 0 radical (unpaired) electrons. The summed E-state index contributed by atoms with van der Waals surface area (Å²) >= 11 is 18.3. The third kappa shape index (κ3) is 4.04. The lowest BCUT2D eigenvalue weighted by Crippen LogP contribution is -2.18. The highest BCUT2D eigenvalue weighted by Crippen LogP contribution is 2.35. The fourth-order valence-corrected chi connectivity index (χ4v) is 2.74. The van der Waals surface area contributed by atoms with E-state index in [4.69, 9.17) is 39.5 Å². The van der Waals surface area contributed by atoms with Crippen molar-refractivity contribution in [2.75, 3.05) is 7.11 Å². The fraction of sp³-hybridized carbons (Fsp3) is 0.250. The van der Waals surface area contributed by atoms with E-state index in [9.17, 15) is 0 Å². The van der Waals surface area contributed by atoms with Crippen molar-refractivity contribution in [3.05, 3.63) is 62.6 Å². The molecule has 112 valence electrons. The van der Waals surface area contributed by atoms with Crippen molar-refractivity contribution in [2.24, 2.45) is 0 Å². The van der Waals surface area contributed by atoms with Gasteiger partial charge in [0.25, 0.3) is 0 Å². The minimum Gasteiger partial charge on any atom is -0.497 e. The number of hydrogen-bond donors (Lipinski definition) is 1. The second-order valence-corrected chi connectivity index (χ2v) is 5.88. The standard InChI is InChI=1S/C16H16Cl3NO/c1-10(13-6-7-14(17)16(19)15(13)18)20-9-11-4-3-5-12(8-11)21-2/h3-8,10,20H,9H2,1-2H3. The van der Waals surface area contributed by atoms with E-state index in [2.05, 4.69) is 5.32 Å². The van der Waals surface area contributed by atoms with Crippen LogP contribution in [0.3, 0.4) is 0 Å². The number of nitrogens with one attached hydrogen (secondary N) is 1. The Bertz CT molecular complexity index is 631. The van der Waals surface area contributed by atoms with Crippen LogP contribution in [-0.4, -0.2) is 7.11 Å². The predicted molar refractivity (Wildman–Crippen MR) is 89.7 cm³/mol. The van der Waals surface area contributed by atoms with E-state index >= 15 is 0 Å². The molecule has 0 fully saturated rings. The van der Waals surface area contributed by atoms with Gasteiger partial charge in [-0.1, -0.05) is 53.0 Å². The van der Waals surface area contributed by atoms with Gasteiger partial charge in [-0.05, 0) is 36.2 Å². The molecule has 0 spiro atoms. The lowest BCUT2D eigenvalue weighted by Gasteiger charge is -2.17. The van der Waals surface area contributed by atoms with Gasteiger partial charge in [0.05, 0.1) is 22.2 Å². The molecular formula is C16H16Cl3NO. The Morgan fingerprint density at radius 2 is 1.86 bits per heavy atom. The number of hydrogen-bond acceptors (Lipinski definition) is 2. The molecule has 0 aliphatic heterocycles. The molecule has 21 heavy (non-hydrogen) atoms. The van der Waals surface area contributed by atoms with Crippen molar-refractivity contribution in [2.45, 2.75) is 19.5 Å². The van der Waals surface area contributed by atoms with E-state index in [0.717, 1.165) is 16.9 Å². The van der Waals surface area contributed by atoms with Gasteiger partial charge < -0.3 is 10.1 Å². The zero-order valence-corrected chi connectivity index (χ0v) is 14.1. The monoisotopic (exact) mass is 343 g/mol. The second kappa shape index (κ2) is 7.37. The number of ether oxygens (including phenoxy) is 1. The zero-order chi connectivity index (χ0) is 15.4. The normalized spacial score (nSPS) is 12.2. The number of rotatable bonds is 5. The van der Waals surface area contributed by atoms with E-state index in [1.807, 2.05) is 37.3 Å². The van der Waals surface area contributed by atoms with Crippen molar-refractivity contribution in [3.63, 3.8) is 0 Å². The first-order valence-corrected chi connectivity index (χ1v) is 7.66. The lowest BCUT2D eigenvalue weighted by molar-refractivity contribution is 0.414. The molecule has 0 aliphatic carbocycles. The largest absolute Gasteiger partial charge is 0.497 e. The smallest absolute Gasteiger partial charge is 0.119 e. The molecule has 0 amide bonds. The molecule has 0 saturated heterocycles. The minimum atomic E-state index is 0.0541. The van der Waals surface area contributed by atoms with Crippen LogP contribution < -0.4 is 10.1 Å². The summed E-state index contributed by atoms with van der Waals surface area (Å²) in [6.45, 7) is 2.74. The van der Waals surface area contributed by atoms with Crippen LogP contribution in [-0.2, 0) is 6.54 Å². The maximum atomic E-state index is 6.25. The van der Waals surface area contributed by atoms with E-state index in [0.29, 0.717) is 21.6 Å². The molecule has 0 bridgehead atoms. The topological polar surface area (TPSA) is 21.3 Å². The molecule has 0 saturated carbocycles. The van der Waals surface area contributed by atoms with Gasteiger partial charge in [-0.25, -0.2) is 0 Å². The fourth-order valence-electron chi connectivity index (χ4n) is 2.04. The van der Waals surface area contributed by atoms with Crippen molar-refractivity contribution >= 4 is 34.8 Å². The first kappa shape index (κ1) is 16.4. The quantitative estimate of drug-likeness (QED) is 0.722. The SMILES string of the molecule is COc1cccc(CNC(C)c2ccc(Cl)c(Cl)c2Cl)c1. The number of halogens is 3. The first-order chi connectivity index (χ1) is 10.0. The third-order valence-corrected chi connectivity index (χ3v) is 4.59. The molecule has 2 aromatic carbocycles. The molecular weight excluding hydrogens is 329 g/mol. The highest BCUT2D eigenvalue weighted by molar-refractivity contribution is 6.48. The summed E-state index contributed by atoms with van der Waals surface area (Å²) in [5, 5.41) is 4.77. The van der Waals surface area contributed by atoms with Gasteiger partial charge in [-0.3, -0.25) is 0 Å². The Morgan fingerprint density at radius 3 is 2.57 bits per heavy atom. The van der Waals surface area contributed by atoms with Gasteiger partial charge in [0.2, 0.25) is 0 Å². The van der Waals surface area contributed by atoms with Crippen LogP contribution in [0.15, 0.2) is 36.4 Å². The summed E-state index contributed by atoms with van der Waals surface area (Å²) in [5.41, 5.74) is 2.06. The molecule has 1 atom stereocenters. The summed E-state index contributed by atoms with van der Waals surface area (Å²) in [4.78, 5) is 0. The molecule has 1 unspecified atom stereocenters. The number of methoxy groups -OCH3 is 1. The van der Waals surface area contributed by atoms with E-state index in [1.54, 1.807) is 13.2 Å². The minimum absolute atomic E-state index is 0.0541. The molecule has 2 aromatic rings. The first-order valence-electron chi connectivity index (χ1n) is 6.52. The van der Waals surface area contributed by atoms with Crippen molar-refractivity contribution in [1.29, 1.82) is 0 Å². The predicted octanol–water partition coefficient (Wildman–Crippen LogP) is 5.51. The molecule has 0 heterocycles. The van der Waals surface area contributed by atoms with Crippen molar-refractivity contribution in [3.8, 4) is 5.75 Å². The maximum absolute atomic E-state index is 6.25. The van der Waals surface area contributed by atoms with Crippen LogP contribution in [0.4, 0.5) is 0 Å². The van der Waals surface area contributed by atoms with Gasteiger partial charge in [-0.2, -0.15) is 0 Å². The summed E-state index contributed by atoms with van der Waals surface area (Å²) in [5.74, 6) is 0.842. The van der Waals surface area contributed by atoms with Crippen LogP contribution in [0.25, 0.3) is 0 Å². The Kier molecular flexibility index (Phi) is 5.77. The maximum Gasteiger partial charge on any atom is 0.119 e. The Balaban J connectivity index is 2.08. The van der Waals surface area contributed by atoms with Gasteiger partial charge in [0.15, 0.2) is 0 Å². The summed E-state index contributed by atoms with van der Waals surface area (Å²) in [6, 6.07) is 11.6. The van der Waals surface area contributed by atoms with Crippen molar-refractivity contribution in [1.82, 2.24) is 5.32 Å². The van der Waals surface area contributed by atoms with Crippen LogP contribution >= 0.6 is 34.8 Å². The molecule has 0 aromatic heterocycles. The molecule has 0 aliphatic rings. The Morgan fingerprint density at radius 1 is 1.10 bits per heavy atom. The van der Waals surface area contributed by atoms with E-state index in [-0.39, 0.29) is 6.04 Å². The summed E-state index contributed by atoms with van der Waals surface area (Å²) < 4.78 is 5.21. The highest BCUT2D eigenvalue weighted by Gasteiger charge is 2.14. The highest BCUT2D eigenvalue weighted by atomic mass is 35.5. The van der Waals surface area contributed by atoms with Crippen LogP contribution in [0.2, 0.25) is 15.1 Å². The average molecular weight is 345 g/mol. The Hall–Kier alpha value is -0.930. The number of benzene rings is 2.